The Morgan fingerprint density at radius 2 is 2.08 bits per heavy atom. The Hall–Kier alpha value is -0.0800. The molecular formula is C11H23NO. The van der Waals surface area contributed by atoms with Crippen LogP contribution >= 0.6 is 0 Å². The number of hydrogen-bond donors (Lipinski definition) is 1. The van der Waals surface area contributed by atoms with E-state index in [9.17, 15) is 0 Å². The Morgan fingerprint density at radius 1 is 1.31 bits per heavy atom. The van der Waals surface area contributed by atoms with Gasteiger partial charge in [0.25, 0.3) is 0 Å². The zero-order valence-corrected chi connectivity index (χ0v) is 9.18. The van der Waals surface area contributed by atoms with Crippen molar-refractivity contribution in [1.82, 2.24) is 5.32 Å². The van der Waals surface area contributed by atoms with Gasteiger partial charge in [-0.25, -0.2) is 0 Å². The van der Waals surface area contributed by atoms with Crippen molar-refractivity contribution in [2.75, 3.05) is 13.2 Å². The SMILES string of the molecule is CC(C)OCC(C)C1CCCCN1. The molecule has 0 radical (unpaired) electrons. The molecule has 0 bridgehead atoms. The molecular weight excluding hydrogens is 162 g/mol. The first-order valence-electron chi connectivity index (χ1n) is 5.55. The second kappa shape index (κ2) is 5.61. The largest absolute Gasteiger partial charge is 0.378 e. The average Bonchev–Trinajstić information content (AvgIpc) is 2.15. The van der Waals surface area contributed by atoms with Gasteiger partial charge in [-0.2, -0.15) is 0 Å². The van der Waals surface area contributed by atoms with E-state index in [1.165, 1.54) is 25.8 Å². The van der Waals surface area contributed by atoms with Gasteiger partial charge in [-0.15, -0.1) is 0 Å². The number of piperidine rings is 1. The molecule has 1 heterocycles. The van der Waals surface area contributed by atoms with Gasteiger partial charge in [-0.05, 0) is 39.2 Å². The fourth-order valence-corrected chi connectivity index (χ4v) is 1.82. The summed E-state index contributed by atoms with van der Waals surface area (Å²) in [4.78, 5) is 0. The lowest BCUT2D eigenvalue weighted by Crippen LogP contribution is -2.40. The predicted octanol–water partition coefficient (Wildman–Crippen LogP) is 2.19. The molecule has 1 N–H and O–H groups in total. The van der Waals surface area contributed by atoms with Crippen LogP contribution in [0, 0.1) is 5.92 Å². The van der Waals surface area contributed by atoms with E-state index in [1.54, 1.807) is 0 Å². The smallest absolute Gasteiger partial charge is 0.0519 e. The van der Waals surface area contributed by atoms with Crippen molar-refractivity contribution < 1.29 is 4.74 Å². The van der Waals surface area contributed by atoms with Gasteiger partial charge >= 0.3 is 0 Å². The van der Waals surface area contributed by atoms with Crippen molar-refractivity contribution >= 4 is 0 Å². The van der Waals surface area contributed by atoms with Crippen molar-refractivity contribution in [3.8, 4) is 0 Å². The summed E-state index contributed by atoms with van der Waals surface area (Å²) in [6.07, 6.45) is 4.41. The molecule has 0 spiro atoms. The fourth-order valence-electron chi connectivity index (χ4n) is 1.82. The maximum Gasteiger partial charge on any atom is 0.0519 e. The van der Waals surface area contributed by atoms with Gasteiger partial charge in [0.05, 0.1) is 12.7 Å². The summed E-state index contributed by atoms with van der Waals surface area (Å²) in [5.74, 6) is 0.655. The van der Waals surface area contributed by atoms with Crippen molar-refractivity contribution in [1.29, 1.82) is 0 Å². The molecule has 0 aromatic carbocycles. The maximum absolute atomic E-state index is 5.62. The van der Waals surface area contributed by atoms with E-state index in [0.29, 0.717) is 18.1 Å². The van der Waals surface area contributed by atoms with Crippen LogP contribution in [-0.2, 0) is 4.74 Å². The average molecular weight is 185 g/mol. The minimum absolute atomic E-state index is 0.367. The molecule has 1 aliphatic rings. The van der Waals surface area contributed by atoms with Crippen molar-refractivity contribution in [2.24, 2.45) is 5.92 Å². The highest BCUT2D eigenvalue weighted by molar-refractivity contribution is 4.77. The predicted molar refractivity (Wildman–Crippen MR) is 55.9 cm³/mol. The quantitative estimate of drug-likeness (QED) is 0.725. The molecule has 2 heteroatoms. The van der Waals surface area contributed by atoms with E-state index in [1.807, 2.05) is 0 Å². The molecule has 1 rings (SSSR count). The van der Waals surface area contributed by atoms with E-state index in [4.69, 9.17) is 4.74 Å². The number of rotatable bonds is 4. The van der Waals surface area contributed by atoms with Crippen LogP contribution in [0.15, 0.2) is 0 Å². The lowest BCUT2D eigenvalue weighted by Gasteiger charge is -2.29. The molecule has 1 aliphatic heterocycles. The van der Waals surface area contributed by atoms with Crippen molar-refractivity contribution in [3.63, 3.8) is 0 Å². The monoisotopic (exact) mass is 185 g/mol. The van der Waals surface area contributed by atoms with Gasteiger partial charge in [0.2, 0.25) is 0 Å². The molecule has 1 fully saturated rings. The first-order valence-corrected chi connectivity index (χ1v) is 5.55. The first kappa shape index (κ1) is 11.0. The first-order chi connectivity index (χ1) is 6.20. The van der Waals surface area contributed by atoms with E-state index in [2.05, 4.69) is 26.1 Å². The third kappa shape index (κ3) is 4.10. The molecule has 1 saturated heterocycles. The highest BCUT2D eigenvalue weighted by Crippen LogP contribution is 2.15. The molecule has 0 aromatic heterocycles. The molecule has 0 amide bonds. The van der Waals surface area contributed by atoms with Gasteiger partial charge in [0.15, 0.2) is 0 Å². The van der Waals surface area contributed by atoms with Crippen molar-refractivity contribution in [2.45, 2.75) is 52.2 Å². The Bertz CT molecular complexity index is 130. The zero-order valence-electron chi connectivity index (χ0n) is 9.18. The summed E-state index contributed by atoms with van der Waals surface area (Å²) in [6.45, 7) is 8.57. The zero-order chi connectivity index (χ0) is 9.68. The summed E-state index contributed by atoms with van der Waals surface area (Å²) in [5.41, 5.74) is 0. The third-order valence-corrected chi connectivity index (χ3v) is 2.73. The summed E-state index contributed by atoms with van der Waals surface area (Å²) in [7, 11) is 0. The molecule has 2 nitrogen and oxygen atoms in total. The minimum atomic E-state index is 0.367. The molecule has 2 atom stereocenters. The third-order valence-electron chi connectivity index (χ3n) is 2.73. The second-order valence-electron chi connectivity index (χ2n) is 4.42. The Morgan fingerprint density at radius 3 is 2.62 bits per heavy atom. The van der Waals surface area contributed by atoms with E-state index >= 15 is 0 Å². The molecule has 78 valence electrons. The normalized spacial score (nSPS) is 26.3. The van der Waals surface area contributed by atoms with Crippen LogP contribution in [0.3, 0.4) is 0 Å². The van der Waals surface area contributed by atoms with Gasteiger partial charge in [0, 0.05) is 6.04 Å². The highest BCUT2D eigenvalue weighted by Gasteiger charge is 2.19. The second-order valence-corrected chi connectivity index (χ2v) is 4.42. The minimum Gasteiger partial charge on any atom is -0.378 e. The van der Waals surface area contributed by atoms with Crippen LogP contribution in [0.4, 0.5) is 0 Å². The van der Waals surface area contributed by atoms with Gasteiger partial charge in [-0.3, -0.25) is 0 Å². The van der Waals surface area contributed by atoms with Crippen LogP contribution in [-0.4, -0.2) is 25.3 Å². The van der Waals surface area contributed by atoms with Crippen molar-refractivity contribution in [3.05, 3.63) is 0 Å². The Balaban J connectivity index is 2.17. The van der Waals surface area contributed by atoms with Crippen LogP contribution in [0.2, 0.25) is 0 Å². The number of nitrogens with one attached hydrogen (secondary N) is 1. The fraction of sp³-hybridized carbons (Fsp3) is 1.00. The Labute approximate surface area is 82.0 Å². The topological polar surface area (TPSA) is 21.3 Å². The van der Waals surface area contributed by atoms with Crippen LogP contribution in [0.5, 0.6) is 0 Å². The van der Waals surface area contributed by atoms with Crippen LogP contribution in [0.25, 0.3) is 0 Å². The van der Waals surface area contributed by atoms with E-state index < -0.39 is 0 Å². The van der Waals surface area contributed by atoms with Gasteiger partial charge in [-0.1, -0.05) is 13.3 Å². The summed E-state index contributed by atoms with van der Waals surface area (Å²) < 4.78 is 5.62. The number of hydrogen-bond acceptors (Lipinski definition) is 2. The molecule has 0 aliphatic carbocycles. The van der Waals surface area contributed by atoms with E-state index in [-0.39, 0.29) is 0 Å². The van der Waals surface area contributed by atoms with Crippen LogP contribution in [0.1, 0.15) is 40.0 Å². The number of ether oxygens (including phenoxy) is 1. The summed E-state index contributed by atoms with van der Waals surface area (Å²) >= 11 is 0. The highest BCUT2D eigenvalue weighted by atomic mass is 16.5. The van der Waals surface area contributed by atoms with E-state index in [0.717, 1.165) is 6.61 Å². The summed E-state index contributed by atoms with van der Waals surface area (Å²) in [6, 6.07) is 0.687. The summed E-state index contributed by atoms with van der Waals surface area (Å²) in [5, 5.41) is 3.56. The molecule has 0 saturated carbocycles. The van der Waals surface area contributed by atoms with Crippen LogP contribution < -0.4 is 5.32 Å². The lowest BCUT2D eigenvalue weighted by molar-refractivity contribution is 0.0427. The molecule has 2 unspecified atom stereocenters. The molecule has 13 heavy (non-hydrogen) atoms. The van der Waals surface area contributed by atoms with Gasteiger partial charge < -0.3 is 10.1 Å². The maximum atomic E-state index is 5.62. The lowest BCUT2D eigenvalue weighted by atomic mass is 9.94. The Kier molecular flexibility index (Phi) is 4.74. The van der Waals surface area contributed by atoms with Gasteiger partial charge in [0.1, 0.15) is 0 Å². The molecule has 0 aromatic rings. The standard InChI is InChI=1S/C11H23NO/c1-9(2)13-8-10(3)11-6-4-5-7-12-11/h9-12H,4-8H2,1-3H3.